The van der Waals surface area contributed by atoms with Crippen LogP contribution in [0.5, 0.6) is 11.5 Å². The SMILES string of the molecule is c1ccc(C2=NC(c3ccc4nc(-c5ccccc5)c5ccc6c(c5c4c3)Oc3ccccc3C63c4ccccc4-c4ccccc43)NC(c3cccc(-c4ccccc4)c3)=N2)cc1. The van der Waals surface area contributed by atoms with Crippen LogP contribution in [-0.4, -0.2) is 16.7 Å². The molecule has 10 aromatic rings. The van der Waals surface area contributed by atoms with Crippen LogP contribution >= 0.6 is 0 Å². The summed E-state index contributed by atoms with van der Waals surface area (Å²) in [6.45, 7) is 0. The van der Waals surface area contributed by atoms with Gasteiger partial charge in [0.05, 0.1) is 16.6 Å². The van der Waals surface area contributed by atoms with Gasteiger partial charge in [0.2, 0.25) is 0 Å². The van der Waals surface area contributed by atoms with E-state index in [1.807, 2.05) is 24.3 Å². The van der Waals surface area contributed by atoms with E-state index in [1.165, 1.54) is 22.3 Å². The predicted molar refractivity (Wildman–Crippen MR) is 259 cm³/mol. The zero-order valence-corrected chi connectivity index (χ0v) is 34.6. The highest BCUT2D eigenvalue weighted by Gasteiger charge is 2.51. The second-order valence-corrected chi connectivity index (χ2v) is 16.7. The standard InChI is InChI=1S/C59H38N4O/c1-4-17-37(18-5-1)40-23-16-24-41(35-40)57-61-56(39-21-8-3-9-22-39)62-58(63-57)42-31-34-51-46(36-42)53-45(54(60-51)38-19-6-2-7-20-38)32-33-50-55(53)64-52-30-15-14-29-49(52)59(50)47-27-12-10-25-43(47)44-26-11-13-28-48(44)59/h1-36,58H,(H,61,62,63). The summed E-state index contributed by atoms with van der Waals surface area (Å²) in [4.78, 5) is 15.9. The summed E-state index contributed by atoms with van der Waals surface area (Å²) in [7, 11) is 0. The lowest BCUT2D eigenvalue weighted by Gasteiger charge is -2.40. The molecule has 5 heteroatoms. The number of aromatic nitrogens is 1. The number of aliphatic imine (C=N–C) groups is 2. The number of para-hydroxylation sites is 1. The van der Waals surface area contributed by atoms with E-state index in [-0.39, 0.29) is 0 Å². The Hall–Kier alpha value is -8.41. The van der Waals surface area contributed by atoms with E-state index >= 15 is 0 Å². The molecule has 0 fully saturated rings. The Balaban J connectivity index is 1.06. The van der Waals surface area contributed by atoms with Gasteiger partial charge in [0, 0.05) is 44.0 Å². The lowest BCUT2D eigenvalue weighted by Crippen LogP contribution is -2.33. The Labute approximate surface area is 370 Å². The number of ether oxygens (including phenoxy) is 1. The number of hydrogen-bond donors (Lipinski definition) is 1. The van der Waals surface area contributed by atoms with Crippen LogP contribution in [0.1, 0.15) is 45.1 Å². The molecule has 300 valence electrons. The Morgan fingerprint density at radius 3 is 1.80 bits per heavy atom. The number of rotatable bonds is 5. The summed E-state index contributed by atoms with van der Waals surface area (Å²) in [6.07, 6.45) is -0.447. The van der Waals surface area contributed by atoms with Gasteiger partial charge in [-0.1, -0.05) is 194 Å². The monoisotopic (exact) mass is 818 g/mol. The van der Waals surface area contributed by atoms with E-state index in [0.29, 0.717) is 5.84 Å². The van der Waals surface area contributed by atoms with Gasteiger partial charge in [0.15, 0.2) is 5.84 Å². The predicted octanol–water partition coefficient (Wildman–Crippen LogP) is 13.7. The van der Waals surface area contributed by atoms with Gasteiger partial charge in [-0.05, 0) is 63.2 Å². The number of hydrogen-bond acceptors (Lipinski definition) is 5. The molecule has 1 aromatic heterocycles. The Morgan fingerprint density at radius 1 is 0.453 bits per heavy atom. The number of nitrogens with zero attached hydrogens (tertiary/aromatic N) is 3. The average molecular weight is 819 g/mol. The quantitative estimate of drug-likeness (QED) is 0.176. The van der Waals surface area contributed by atoms with Gasteiger partial charge in [-0.3, -0.25) is 0 Å². The van der Waals surface area contributed by atoms with Crippen LogP contribution in [0.4, 0.5) is 0 Å². The summed E-state index contributed by atoms with van der Waals surface area (Å²) in [5, 5.41) is 6.80. The fourth-order valence-corrected chi connectivity index (χ4v) is 10.4. The minimum Gasteiger partial charge on any atom is -0.456 e. The summed E-state index contributed by atoms with van der Waals surface area (Å²) >= 11 is 0. The minimum atomic E-state index is -0.606. The van der Waals surface area contributed by atoms with Crippen LogP contribution < -0.4 is 10.1 Å². The van der Waals surface area contributed by atoms with E-state index in [4.69, 9.17) is 19.7 Å². The molecule has 2 aliphatic heterocycles. The molecular weight excluding hydrogens is 781 g/mol. The smallest absolute Gasteiger partial charge is 0.159 e. The van der Waals surface area contributed by atoms with Crippen molar-refractivity contribution < 1.29 is 4.74 Å². The molecule has 3 heterocycles. The van der Waals surface area contributed by atoms with Crippen molar-refractivity contribution in [2.45, 2.75) is 11.6 Å². The van der Waals surface area contributed by atoms with E-state index in [9.17, 15) is 0 Å². The van der Waals surface area contributed by atoms with Crippen molar-refractivity contribution in [2.24, 2.45) is 9.98 Å². The average Bonchev–Trinajstić information content (AvgIpc) is 3.67. The molecule has 64 heavy (non-hydrogen) atoms. The van der Waals surface area contributed by atoms with E-state index in [1.54, 1.807) is 0 Å². The molecule has 0 amide bonds. The van der Waals surface area contributed by atoms with Crippen molar-refractivity contribution in [2.75, 3.05) is 0 Å². The normalized spacial score (nSPS) is 15.3. The molecule has 1 N–H and O–H groups in total. The highest BCUT2D eigenvalue weighted by molar-refractivity contribution is 6.16. The third-order valence-corrected chi connectivity index (χ3v) is 13.2. The van der Waals surface area contributed by atoms with Crippen LogP contribution in [-0.2, 0) is 5.41 Å². The Kier molecular flexibility index (Phi) is 8.12. The molecule has 0 saturated carbocycles. The highest BCUT2D eigenvalue weighted by Crippen LogP contribution is 2.63. The minimum absolute atomic E-state index is 0.447. The lowest BCUT2D eigenvalue weighted by atomic mass is 9.65. The van der Waals surface area contributed by atoms with Crippen LogP contribution in [0.3, 0.4) is 0 Å². The van der Waals surface area contributed by atoms with Crippen molar-refractivity contribution in [1.82, 2.24) is 10.3 Å². The maximum Gasteiger partial charge on any atom is 0.159 e. The van der Waals surface area contributed by atoms with Gasteiger partial charge in [-0.15, -0.1) is 0 Å². The molecule has 1 aliphatic carbocycles. The third kappa shape index (κ3) is 5.47. The molecule has 0 radical (unpaired) electrons. The topological polar surface area (TPSA) is 58.9 Å². The second kappa shape index (κ2) is 14.3. The van der Waals surface area contributed by atoms with E-state index in [0.717, 1.165) is 89.2 Å². The molecule has 13 rings (SSSR count). The number of pyridine rings is 1. The fraction of sp³-hybridized carbons (Fsp3) is 0.0339. The largest absolute Gasteiger partial charge is 0.456 e. The first kappa shape index (κ1) is 36.3. The number of nitrogens with one attached hydrogen (secondary N) is 1. The summed E-state index contributed by atoms with van der Waals surface area (Å²) in [5.41, 5.74) is 14.7. The van der Waals surface area contributed by atoms with Gasteiger partial charge in [0.25, 0.3) is 0 Å². The summed E-state index contributed by atoms with van der Waals surface area (Å²) in [5.74, 6) is 3.12. The first-order valence-electron chi connectivity index (χ1n) is 21.8. The molecule has 9 aromatic carbocycles. The van der Waals surface area contributed by atoms with Gasteiger partial charge >= 0.3 is 0 Å². The Bertz CT molecular complexity index is 3520. The third-order valence-electron chi connectivity index (χ3n) is 13.2. The number of fused-ring (bicyclic) bond motifs is 13. The highest BCUT2D eigenvalue weighted by atomic mass is 16.5. The molecule has 3 aliphatic rings. The van der Waals surface area contributed by atoms with Crippen molar-refractivity contribution in [3.05, 3.63) is 257 Å². The van der Waals surface area contributed by atoms with Crippen LogP contribution in [0.15, 0.2) is 228 Å². The zero-order chi connectivity index (χ0) is 42.2. The number of benzene rings is 9. The van der Waals surface area contributed by atoms with Crippen molar-refractivity contribution in [3.63, 3.8) is 0 Å². The molecule has 0 saturated heterocycles. The van der Waals surface area contributed by atoms with Crippen LogP contribution in [0.2, 0.25) is 0 Å². The number of amidine groups is 2. The van der Waals surface area contributed by atoms with Gasteiger partial charge in [-0.2, -0.15) is 0 Å². The molecule has 0 bridgehead atoms. The van der Waals surface area contributed by atoms with E-state index in [2.05, 4.69) is 199 Å². The molecule has 1 unspecified atom stereocenters. The first-order chi connectivity index (χ1) is 31.7. The van der Waals surface area contributed by atoms with Gasteiger partial charge in [0.1, 0.15) is 23.5 Å². The summed E-state index contributed by atoms with van der Waals surface area (Å²) in [6, 6.07) is 77.2. The second-order valence-electron chi connectivity index (χ2n) is 16.7. The zero-order valence-electron chi connectivity index (χ0n) is 34.6. The fourth-order valence-electron chi connectivity index (χ4n) is 10.4. The van der Waals surface area contributed by atoms with Crippen molar-refractivity contribution in [3.8, 4) is 45.0 Å². The summed E-state index contributed by atoms with van der Waals surface area (Å²) < 4.78 is 7.30. The molecule has 5 nitrogen and oxygen atoms in total. The van der Waals surface area contributed by atoms with Crippen molar-refractivity contribution >= 4 is 33.3 Å². The van der Waals surface area contributed by atoms with Crippen molar-refractivity contribution in [1.29, 1.82) is 0 Å². The molecular formula is C59H38N4O. The molecule has 1 atom stereocenters. The molecule has 1 spiro atoms. The maximum absolute atomic E-state index is 7.30. The van der Waals surface area contributed by atoms with E-state index < -0.39 is 11.6 Å². The van der Waals surface area contributed by atoms with Gasteiger partial charge < -0.3 is 10.1 Å². The van der Waals surface area contributed by atoms with Crippen LogP contribution in [0, 0.1) is 0 Å². The lowest BCUT2D eigenvalue weighted by molar-refractivity contribution is 0.442. The van der Waals surface area contributed by atoms with Crippen LogP contribution in [0.25, 0.3) is 55.2 Å². The maximum atomic E-state index is 7.30. The Morgan fingerprint density at radius 2 is 1.06 bits per heavy atom. The first-order valence-corrected chi connectivity index (χ1v) is 21.8. The van der Waals surface area contributed by atoms with Gasteiger partial charge in [-0.25, -0.2) is 15.0 Å².